The van der Waals surface area contributed by atoms with E-state index in [1.165, 1.54) is 11.3 Å². The van der Waals surface area contributed by atoms with Crippen molar-refractivity contribution in [1.82, 2.24) is 15.1 Å². The van der Waals surface area contributed by atoms with Crippen LogP contribution < -0.4 is 5.32 Å². The molecule has 1 N–H and O–H groups in total. The molecule has 1 amide bonds. The van der Waals surface area contributed by atoms with Gasteiger partial charge in [0, 0.05) is 11.4 Å². The van der Waals surface area contributed by atoms with Gasteiger partial charge < -0.3 is 4.52 Å². The van der Waals surface area contributed by atoms with Gasteiger partial charge in [-0.2, -0.15) is 0 Å². The topological polar surface area (TPSA) is 80.9 Å². The van der Waals surface area contributed by atoms with Gasteiger partial charge in [-0.15, -0.1) is 22.7 Å². The summed E-state index contributed by atoms with van der Waals surface area (Å²) < 4.78 is 6.04. The second-order valence-electron chi connectivity index (χ2n) is 4.81. The Morgan fingerprint density at radius 1 is 1.26 bits per heavy atom. The molecule has 0 radical (unpaired) electrons. The predicted molar refractivity (Wildman–Crippen MR) is 89.9 cm³/mol. The molecule has 23 heavy (non-hydrogen) atoms. The molecule has 0 spiro atoms. The fraction of sp³-hybridized carbons (Fsp3) is 0.0667. The van der Waals surface area contributed by atoms with Gasteiger partial charge in [-0.1, -0.05) is 17.3 Å². The number of fused-ring (bicyclic) bond motifs is 1. The summed E-state index contributed by atoms with van der Waals surface area (Å²) in [6.07, 6.45) is 0. The maximum Gasteiger partial charge on any atom is 0.296 e. The highest BCUT2D eigenvalue weighted by Gasteiger charge is 2.15. The third kappa shape index (κ3) is 2.73. The molecular weight excluding hydrogens is 332 g/mol. The van der Waals surface area contributed by atoms with Crippen molar-refractivity contribution in [1.29, 1.82) is 0 Å². The average molecular weight is 342 g/mol. The SMILES string of the molecule is Cc1cc(C(=O)Nc2nc(-c3nc4ccccc4s3)cs2)on1. The fourth-order valence-electron chi connectivity index (χ4n) is 2.04. The molecular formula is C15H10N4O2S2. The highest BCUT2D eigenvalue weighted by Crippen LogP contribution is 2.32. The number of para-hydroxylation sites is 1. The minimum Gasteiger partial charge on any atom is -0.351 e. The van der Waals surface area contributed by atoms with Crippen molar-refractivity contribution < 1.29 is 9.32 Å². The zero-order valence-electron chi connectivity index (χ0n) is 11.9. The number of rotatable bonds is 3. The number of carbonyl (C=O) groups excluding carboxylic acids is 1. The summed E-state index contributed by atoms with van der Waals surface area (Å²) in [5, 5.41) is 9.61. The molecule has 0 atom stereocenters. The molecule has 0 aliphatic carbocycles. The quantitative estimate of drug-likeness (QED) is 0.609. The predicted octanol–water partition coefficient (Wildman–Crippen LogP) is 3.97. The summed E-state index contributed by atoms with van der Waals surface area (Å²) in [7, 11) is 0. The van der Waals surface area contributed by atoms with Crippen molar-refractivity contribution in [2.75, 3.05) is 5.32 Å². The number of anilines is 1. The van der Waals surface area contributed by atoms with Crippen LogP contribution >= 0.6 is 22.7 Å². The van der Waals surface area contributed by atoms with E-state index in [-0.39, 0.29) is 11.7 Å². The first-order chi connectivity index (χ1) is 11.2. The summed E-state index contributed by atoms with van der Waals surface area (Å²) in [4.78, 5) is 21.0. The molecule has 3 heterocycles. The van der Waals surface area contributed by atoms with Crippen molar-refractivity contribution in [3.05, 3.63) is 47.2 Å². The lowest BCUT2D eigenvalue weighted by Crippen LogP contribution is -2.10. The zero-order valence-corrected chi connectivity index (χ0v) is 13.6. The summed E-state index contributed by atoms with van der Waals surface area (Å²) in [5.41, 5.74) is 2.35. The Hall–Kier alpha value is -2.58. The van der Waals surface area contributed by atoms with Crippen molar-refractivity contribution >= 4 is 43.9 Å². The van der Waals surface area contributed by atoms with Gasteiger partial charge in [0.2, 0.25) is 5.76 Å². The van der Waals surface area contributed by atoms with E-state index < -0.39 is 0 Å². The Balaban J connectivity index is 1.57. The van der Waals surface area contributed by atoms with Crippen molar-refractivity contribution in [3.63, 3.8) is 0 Å². The number of aromatic nitrogens is 3. The fourth-order valence-corrected chi connectivity index (χ4v) is 3.73. The lowest BCUT2D eigenvalue weighted by atomic mass is 10.3. The van der Waals surface area contributed by atoms with E-state index in [2.05, 4.69) is 20.4 Å². The molecule has 4 aromatic rings. The normalized spacial score (nSPS) is 11.0. The van der Waals surface area contributed by atoms with Gasteiger partial charge in [-0.05, 0) is 19.1 Å². The summed E-state index contributed by atoms with van der Waals surface area (Å²) in [6, 6.07) is 9.51. The molecule has 3 aromatic heterocycles. The van der Waals surface area contributed by atoms with Crippen molar-refractivity contribution in [3.8, 4) is 10.7 Å². The van der Waals surface area contributed by atoms with E-state index in [1.807, 2.05) is 29.6 Å². The Kier molecular flexibility index (Phi) is 3.40. The van der Waals surface area contributed by atoms with Gasteiger partial charge in [-0.25, -0.2) is 9.97 Å². The standard InChI is InChI=1S/C15H10N4O2S2/c1-8-6-11(21-19-8)13(20)18-15-17-10(7-22-15)14-16-9-4-2-3-5-12(9)23-14/h2-7H,1H3,(H,17,18,20). The van der Waals surface area contributed by atoms with Crippen LogP contribution in [0.2, 0.25) is 0 Å². The first-order valence-corrected chi connectivity index (χ1v) is 8.45. The van der Waals surface area contributed by atoms with E-state index in [4.69, 9.17) is 4.52 Å². The van der Waals surface area contributed by atoms with Crippen LogP contribution in [0.4, 0.5) is 5.13 Å². The lowest BCUT2D eigenvalue weighted by Gasteiger charge is -1.95. The maximum absolute atomic E-state index is 12.0. The van der Waals surface area contributed by atoms with Gasteiger partial charge in [0.05, 0.1) is 15.9 Å². The molecule has 6 nitrogen and oxygen atoms in total. The van der Waals surface area contributed by atoms with Gasteiger partial charge in [-0.3, -0.25) is 10.1 Å². The molecule has 0 saturated heterocycles. The van der Waals surface area contributed by atoms with Crippen molar-refractivity contribution in [2.45, 2.75) is 6.92 Å². The van der Waals surface area contributed by atoms with Crippen LogP contribution in [0, 0.1) is 6.92 Å². The van der Waals surface area contributed by atoms with Gasteiger partial charge in [0.15, 0.2) is 5.13 Å². The first kappa shape index (κ1) is 14.0. The Morgan fingerprint density at radius 2 is 2.13 bits per heavy atom. The number of thiazole rings is 2. The lowest BCUT2D eigenvalue weighted by molar-refractivity contribution is 0.0988. The second-order valence-corrected chi connectivity index (χ2v) is 6.70. The van der Waals surface area contributed by atoms with Crippen LogP contribution in [0.15, 0.2) is 40.2 Å². The van der Waals surface area contributed by atoms with Crippen LogP contribution in [0.5, 0.6) is 0 Å². The number of aryl methyl sites for hydroxylation is 1. The molecule has 0 saturated carbocycles. The number of carbonyl (C=O) groups is 1. The number of amides is 1. The number of benzene rings is 1. The smallest absolute Gasteiger partial charge is 0.296 e. The van der Waals surface area contributed by atoms with Gasteiger partial charge >= 0.3 is 0 Å². The molecule has 0 aliphatic heterocycles. The molecule has 4 rings (SSSR count). The minimum absolute atomic E-state index is 0.166. The third-order valence-corrected chi connectivity index (χ3v) is 4.91. The van der Waals surface area contributed by atoms with E-state index in [0.717, 1.165) is 20.9 Å². The molecule has 8 heteroatoms. The average Bonchev–Trinajstić information content (AvgIpc) is 3.25. The minimum atomic E-state index is -0.365. The molecule has 0 bridgehead atoms. The number of nitrogens with zero attached hydrogens (tertiary/aromatic N) is 3. The Morgan fingerprint density at radius 3 is 2.91 bits per heavy atom. The number of hydrogen-bond acceptors (Lipinski definition) is 7. The Labute approximate surface area is 138 Å². The maximum atomic E-state index is 12.0. The second kappa shape index (κ2) is 5.56. The molecule has 0 fully saturated rings. The third-order valence-electron chi connectivity index (χ3n) is 3.09. The van der Waals surface area contributed by atoms with Gasteiger partial charge in [0.25, 0.3) is 5.91 Å². The summed E-state index contributed by atoms with van der Waals surface area (Å²) >= 11 is 2.92. The van der Waals surface area contributed by atoms with Crippen LogP contribution in [0.25, 0.3) is 20.9 Å². The van der Waals surface area contributed by atoms with Crippen LogP contribution in [0.1, 0.15) is 16.2 Å². The van der Waals surface area contributed by atoms with Crippen LogP contribution in [0.3, 0.4) is 0 Å². The first-order valence-electron chi connectivity index (χ1n) is 6.75. The highest BCUT2D eigenvalue weighted by atomic mass is 32.1. The van der Waals surface area contributed by atoms with E-state index in [9.17, 15) is 4.79 Å². The molecule has 0 unspecified atom stereocenters. The van der Waals surface area contributed by atoms with E-state index in [0.29, 0.717) is 10.8 Å². The van der Waals surface area contributed by atoms with Crippen LogP contribution in [-0.4, -0.2) is 21.0 Å². The summed E-state index contributed by atoms with van der Waals surface area (Å²) in [6.45, 7) is 1.76. The largest absolute Gasteiger partial charge is 0.351 e. The number of nitrogens with one attached hydrogen (secondary N) is 1. The number of hydrogen-bond donors (Lipinski definition) is 1. The monoisotopic (exact) mass is 342 g/mol. The molecule has 114 valence electrons. The Bertz CT molecular complexity index is 969. The molecule has 1 aromatic carbocycles. The highest BCUT2D eigenvalue weighted by molar-refractivity contribution is 7.22. The van der Waals surface area contributed by atoms with Crippen molar-refractivity contribution in [2.24, 2.45) is 0 Å². The molecule has 0 aliphatic rings. The van der Waals surface area contributed by atoms with Crippen LogP contribution in [-0.2, 0) is 0 Å². The van der Waals surface area contributed by atoms with E-state index in [1.54, 1.807) is 24.3 Å². The zero-order chi connectivity index (χ0) is 15.8. The van der Waals surface area contributed by atoms with Gasteiger partial charge in [0.1, 0.15) is 10.7 Å². The summed E-state index contributed by atoms with van der Waals surface area (Å²) in [5.74, 6) is -0.199. The van der Waals surface area contributed by atoms with E-state index >= 15 is 0 Å².